The number of esters is 1. The zero-order valence-corrected chi connectivity index (χ0v) is 19.9. The Labute approximate surface area is 199 Å². The average molecular weight is 487 g/mol. The van der Waals surface area contributed by atoms with Crippen LogP contribution in [0, 0.1) is 17.0 Å². The van der Waals surface area contributed by atoms with Crippen molar-refractivity contribution in [2.45, 2.75) is 43.1 Å². The van der Waals surface area contributed by atoms with Crippen molar-refractivity contribution in [1.29, 1.82) is 0 Å². The monoisotopic (exact) mass is 486 g/mol. The van der Waals surface area contributed by atoms with E-state index in [1.165, 1.54) is 23.9 Å². The maximum Gasteiger partial charge on any atom is 0.326 e. The van der Waals surface area contributed by atoms with Crippen molar-refractivity contribution in [3.8, 4) is 0 Å². The molecule has 3 rings (SSSR count). The second-order valence-corrected chi connectivity index (χ2v) is 9.48. The Bertz CT molecular complexity index is 1130. The Hall–Kier alpha value is -3.11. The molecule has 0 aromatic heterocycles. The van der Waals surface area contributed by atoms with Crippen LogP contribution in [0.15, 0.2) is 57.2 Å². The number of thioether (sulfide) groups is 1. The second-order valence-electron chi connectivity index (χ2n) is 7.38. The van der Waals surface area contributed by atoms with Crippen LogP contribution in [-0.2, 0) is 14.3 Å². The number of aryl methyl sites for hydroxylation is 1. The zero-order chi connectivity index (χ0) is 24.1. The molecule has 2 amide bonds. The van der Waals surface area contributed by atoms with Crippen LogP contribution in [0.1, 0.15) is 31.4 Å². The Morgan fingerprint density at radius 1 is 1.24 bits per heavy atom. The quantitative estimate of drug-likeness (QED) is 0.210. The molecule has 0 aliphatic carbocycles. The molecule has 0 spiro atoms. The minimum atomic E-state index is -0.666. The molecular weight excluding hydrogens is 464 g/mol. The minimum Gasteiger partial charge on any atom is -0.461 e. The lowest BCUT2D eigenvalue weighted by molar-refractivity contribution is -0.387. The van der Waals surface area contributed by atoms with Crippen LogP contribution in [0.2, 0.25) is 0 Å². The zero-order valence-electron chi connectivity index (χ0n) is 18.3. The summed E-state index contributed by atoms with van der Waals surface area (Å²) in [6, 6.07) is 12.3. The Morgan fingerprint density at radius 3 is 2.58 bits per heavy atom. The summed E-state index contributed by atoms with van der Waals surface area (Å²) >= 11 is 1.95. The van der Waals surface area contributed by atoms with Gasteiger partial charge in [-0.15, -0.1) is 0 Å². The van der Waals surface area contributed by atoms with Crippen LogP contribution in [0.5, 0.6) is 0 Å². The molecule has 10 heteroatoms. The number of hydrogen-bond donors (Lipinski definition) is 0. The fourth-order valence-electron chi connectivity index (χ4n) is 2.85. The van der Waals surface area contributed by atoms with Crippen LogP contribution in [0.4, 0.5) is 10.5 Å². The van der Waals surface area contributed by atoms with Gasteiger partial charge in [0.15, 0.2) is 0 Å². The van der Waals surface area contributed by atoms with Crippen molar-refractivity contribution in [3.63, 3.8) is 0 Å². The van der Waals surface area contributed by atoms with Gasteiger partial charge in [-0.1, -0.05) is 42.4 Å². The molecule has 1 aliphatic rings. The van der Waals surface area contributed by atoms with Crippen LogP contribution in [-0.4, -0.2) is 39.6 Å². The maximum absolute atomic E-state index is 12.6. The lowest BCUT2D eigenvalue weighted by atomic mass is 10.2. The van der Waals surface area contributed by atoms with Crippen molar-refractivity contribution < 1.29 is 24.0 Å². The van der Waals surface area contributed by atoms with E-state index in [-0.39, 0.29) is 16.7 Å². The maximum atomic E-state index is 12.6. The molecule has 0 saturated carbocycles. The van der Waals surface area contributed by atoms with Gasteiger partial charge in [-0.3, -0.25) is 29.4 Å². The van der Waals surface area contributed by atoms with Crippen molar-refractivity contribution >= 4 is 52.4 Å². The van der Waals surface area contributed by atoms with Crippen LogP contribution >= 0.6 is 23.5 Å². The number of benzene rings is 2. The van der Waals surface area contributed by atoms with Gasteiger partial charge in [-0.2, -0.15) is 0 Å². The van der Waals surface area contributed by atoms with E-state index in [1.807, 2.05) is 38.1 Å². The summed E-state index contributed by atoms with van der Waals surface area (Å²) in [4.78, 5) is 50.2. The summed E-state index contributed by atoms with van der Waals surface area (Å²) in [5, 5.41) is 11.1. The highest BCUT2D eigenvalue weighted by Crippen LogP contribution is 2.37. The van der Waals surface area contributed by atoms with Gasteiger partial charge < -0.3 is 4.74 Å². The van der Waals surface area contributed by atoms with E-state index in [1.54, 1.807) is 19.1 Å². The molecule has 0 bridgehead atoms. The summed E-state index contributed by atoms with van der Waals surface area (Å²) in [6.45, 7) is 5.06. The number of nitro benzene ring substituents is 1. The molecule has 1 heterocycles. The highest BCUT2D eigenvalue weighted by Gasteiger charge is 2.37. The number of hydrogen-bond acceptors (Lipinski definition) is 8. The Morgan fingerprint density at radius 2 is 1.94 bits per heavy atom. The average Bonchev–Trinajstić information content (AvgIpc) is 3.03. The molecule has 33 heavy (non-hydrogen) atoms. The summed E-state index contributed by atoms with van der Waals surface area (Å²) < 4.78 is 5.13. The molecule has 0 unspecified atom stereocenters. The molecule has 0 radical (unpaired) electrons. The number of ether oxygens (including phenoxy) is 1. The van der Waals surface area contributed by atoms with Crippen LogP contribution < -0.4 is 0 Å². The predicted octanol–water partition coefficient (Wildman–Crippen LogP) is 5.43. The fraction of sp³-hybridized carbons (Fsp3) is 0.261. The molecule has 1 aliphatic heterocycles. The summed E-state index contributed by atoms with van der Waals surface area (Å²) in [5.41, 5.74) is 1.39. The minimum absolute atomic E-state index is 0.0876. The SMILES string of the molecule is CC[C@H](C)OC(=O)CN1C(=O)S/C(=C\c2ccc(Sc3ccc(C)cc3)c([N+](=O)[O-])c2)C1=O. The van der Waals surface area contributed by atoms with E-state index >= 15 is 0 Å². The van der Waals surface area contributed by atoms with Crippen molar-refractivity contribution in [1.82, 2.24) is 4.90 Å². The van der Waals surface area contributed by atoms with Gasteiger partial charge in [-0.25, -0.2) is 0 Å². The molecule has 1 fully saturated rings. The molecular formula is C23H22N2O6S2. The highest BCUT2D eigenvalue weighted by molar-refractivity contribution is 8.18. The summed E-state index contributed by atoms with van der Waals surface area (Å²) in [5.74, 6) is -1.30. The molecule has 0 N–H and O–H groups in total. The number of amides is 2. The van der Waals surface area contributed by atoms with Gasteiger partial charge in [0, 0.05) is 11.0 Å². The van der Waals surface area contributed by atoms with E-state index < -0.39 is 28.6 Å². The lowest BCUT2D eigenvalue weighted by Crippen LogP contribution is -2.35. The van der Waals surface area contributed by atoms with E-state index in [0.717, 1.165) is 15.4 Å². The summed E-state index contributed by atoms with van der Waals surface area (Å²) in [6.07, 6.45) is 1.72. The first-order chi connectivity index (χ1) is 15.7. The molecule has 1 saturated heterocycles. The van der Waals surface area contributed by atoms with Gasteiger partial charge >= 0.3 is 5.97 Å². The number of nitrogens with zero attached hydrogens (tertiary/aromatic N) is 2. The van der Waals surface area contributed by atoms with E-state index in [9.17, 15) is 24.5 Å². The third-order valence-corrected chi connectivity index (χ3v) is 6.77. The number of nitro groups is 1. The van der Waals surface area contributed by atoms with Crippen molar-refractivity contribution in [2.24, 2.45) is 0 Å². The van der Waals surface area contributed by atoms with Crippen molar-refractivity contribution in [3.05, 3.63) is 68.6 Å². The van der Waals surface area contributed by atoms with E-state index in [0.29, 0.717) is 28.6 Å². The fourth-order valence-corrected chi connectivity index (χ4v) is 4.59. The molecule has 1 atom stereocenters. The van der Waals surface area contributed by atoms with E-state index in [4.69, 9.17) is 4.74 Å². The number of carbonyl (C=O) groups is 3. The van der Waals surface area contributed by atoms with Gasteiger partial charge in [0.25, 0.3) is 16.8 Å². The standard InChI is InChI=1S/C23H22N2O6S2/c1-4-15(3)31-21(26)13-24-22(27)20(33-23(24)28)12-16-7-10-19(18(11-16)25(29)30)32-17-8-5-14(2)6-9-17/h5-12,15H,4,13H2,1-3H3/b20-12-/t15-/m0/s1. The highest BCUT2D eigenvalue weighted by atomic mass is 32.2. The van der Waals surface area contributed by atoms with Gasteiger partial charge in [0.1, 0.15) is 6.54 Å². The van der Waals surface area contributed by atoms with Crippen LogP contribution in [0.3, 0.4) is 0 Å². The normalized spacial score (nSPS) is 15.7. The van der Waals surface area contributed by atoms with Crippen molar-refractivity contribution in [2.75, 3.05) is 6.54 Å². The first-order valence-corrected chi connectivity index (χ1v) is 11.8. The van der Waals surface area contributed by atoms with Gasteiger partial charge in [0.2, 0.25) is 0 Å². The van der Waals surface area contributed by atoms with Gasteiger partial charge in [0.05, 0.1) is 20.8 Å². The Kier molecular flexibility index (Phi) is 7.93. The van der Waals surface area contributed by atoms with Crippen LogP contribution in [0.25, 0.3) is 6.08 Å². The lowest BCUT2D eigenvalue weighted by Gasteiger charge is -2.14. The first kappa shape index (κ1) is 24.5. The third-order valence-electron chi connectivity index (χ3n) is 4.79. The largest absolute Gasteiger partial charge is 0.461 e. The smallest absolute Gasteiger partial charge is 0.326 e. The second kappa shape index (κ2) is 10.7. The number of rotatable bonds is 8. The molecule has 2 aromatic carbocycles. The molecule has 8 nitrogen and oxygen atoms in total. The predicted molar refractivity (Wildman–Crippen MR) is 127 cm³/mol. The van der Waals surface area contributed by atoms with E-state index in [2.05, 4.69) is 0 Å². The topological polar surface area (TPSA) is 107 Å². The third kappa shape index (κ3) is 6.23. The first-order valence-electron chi connectivity index (χ1n) is 10.2. The Balaban J connectivity index is 1.79. The summed E-state index contributed by atoms with van der Waals surface area (Å²) in [7, 11) is 0. The number of carbonyl (C=O) groups excluding carboxylic acids is 3. The molecule has 172 valence electrons. The molecule has 2 aromatic rings. The number of imide groups is 1. The van der Waals surface area contributed by atoms with Gasteiger partial charge in [-0.05, 0) is 61.9 Å².